The standard InChI is InChI=1S/C13H17N7O/c1-8-6-9(2)20(17-8)5-4-11-15-16-13(21-11)12-10(14)7-19(3)18-12/h6-7H,4-5,14H2,1-3H3. The Morgan fingerprint density at radius 3 is 2.67 bits per heavy atom. The largest absolute Gasteiger partial charge is 0.419 e. The predicted octanol–water partition coefficient (Wildman–Crippen LogP) is 1.11. The number of hydrogen-bond donors (Lipinski definition) is 1. The van der Waals surface area contributed by atoms with Gasteiger partial charge in [-0.25, -0.2) is 0 Å². The number of aryl methyl sites for hydroxylation is 5. The second-order valence-electron chi connectivity index (χ2n) is 5.01. The van der Waals surface area contributed by atoms with Crippen molar-refractivity contribution >= 4 is 5.69 Å². The molecule has 3 heterocycles. The summed E-state index contributed by atoms with van der Waals surface area (Å²) in [6.45, 7) is 4.69. The minimum atomic E-state index is 0.344. The molecule has 8 heteroatoms. The van der Waals surface area contributed by atoms with Gasteiger partial charge in [0.05, 0.1) is 11.4 Å². The summed E-state index contributed by atoms with van der Waals surface area (Å²) in [6.07, 6.45) is 2.32. The van der Waals surface area contributed by atoms with Crippen LogP contribution >= 0.6 is 0 Å². The van der Waals surface area contributed by atoms with Gasteiger partial charge in [-0.05, 0) is 19.9 Å². The van der Waals surface area contributed by atoms with E-state index in [1.807, 2.05) is 24.6 Å². The number of nitrogens with zero attached hydrogens (tertiary/aromatic N) is 6. The average Bonchev–Trinajstić information content (AvgIpc) is 3.07. The molecule has 3 rings (SSSR count). The van der Waals surface area contributed by atoms with Gasteiger partial charge in [0.2, 0.25) is 5.89 Å². The summed E-state index contributed by atoms with van der Waals surface area (Å²) in [5, 5.41) is 16.6. The lowest BCUT2D eigenvalue weighted by atomic mass is 10.4. The minimum Gasteiger partial charge on any atom is -0.419 e. The summed E-state index contributed by atoms with van der Waals surface area (Å²) in [5.41, 5.74) is 8.99. The zero-order valence-corrected chi connectivity index (χ0v) is 12.2. The first-order valence-electron chi connectivity index (χ1n) is 6.66. The molecule has 0 saturated heterocycles. The van der Waals surface area contributed by atoms with Crippen LogP contribution in [0.1, 0.15) is 17.3 Å². The van der Waals surface area contributed by atoms with Gasteiger partial charge in [0.15, 0.2) is 5.69 Å². The number of nitrogen functional groups attached to an aromatic ring is 1. The Hall–Kier alpha value is -2.64. The molecule has 21 heavy (non-hydrogen) atoms. The SMILES string of the molecule is Cc1cc(C)n(CCc2nnc(-c3nn(C)cc3N)o2)n1. The molecular formula is C13H17N7O. The Balaban J connectivity index is 1.73. The first kappa shape index (κ1) is 13.3. The summed E-state index contributed by atoms with van der Waals surface area (Å²) >= 11 is 0. The van der Waals surface area contributed by atoms with E-state index in [9.17, 15) is 0 Å². The second kappa shape index (κ2) is 5.04. The summed E-state index contributed by atoms with van der Waals surface area (Å²) in [4.78, 5) is 0. The van der Waals surface area contributed by atoms with E-state index in [-0.39, 0.29) is 0 Å². The van der Waals surface area contributed by atoms with Crippen LogP contribution in [0.2, 0.25) is 0 Å². The normalized spacial score (nSPS) is 11.2. The lowest BCUT2D eigenvalue weighted by Gasteiger charge is -2.00. The molecule has 8 nitrogen and oxygen atoms in total. The van der Waals surface area contributed by atoms with E-state index in [2.05, 4.69) is 20.4 Å². The fourth-order valence-corrected chi connectivity index (χ4v) is 2.23. The molecule has 110 valence electrons. The molecule has 0 radical (unpaired) electrons. The van der Waals surface area contributed by atoms with Crippen molar-refractivity contribution in [2.75, 3.05) is 5.73 Å². The minimum absolute atomic E-state index is 0.344. The first-order chi connectivity index (χ1) is 10.0. The van der Waals surface area contributed by atoms with E-state index in [1.165, 1.54) is 0 Å². The van der Waals surface area contributed by atoms with Crippen molar-refractivity contribution < 1.29 is 4.42 Å². The number of hydrogen-bond acceptors (Lipinski definition) is 6. The summed E-state index contributed by atoms with van der Waals surface area (Å²) in [7, 11) is 1.79. The van der Waals surface area contributed by atoms with E-state index in [0.29, 0.717) is 36.1 Å². The van der Waals surface area contributed by atoms with Gasteiger partial charge in [0.1, 0.15) is 0 Å². The van der Waals surface area contributed by atoms with Crippen molar-refractivity contribution in [1.29, 1.82) is 0 Å². The zero-order chi connectivity index (χ0) is 15.0. The number of nitrogens with two attached hydrogens (primary N) is 1. The molecule has 0 spiro atoms. The smallest absolute Gasteiger partial charge is 0.270 e. The lowest BCUT2D eigenvalue weighted by Crippen LogP contribution is -2.05. The maximum atomic E-state index is 5.85. The number of aromatic nitrogens is 6. The van der Waals surface area contributed by atoms with Crippen LogP contribution in [-0.4, -0.2) is 29.8 Å². The van der Waals surface area contributed by atoms with Gasteiger partial charge < -0.3 is 10.2 Å². The van der Waals surface area contributed by atoms with Crippen molar-refractivity contribution in [1.82, 2.24) is 29.8 Å². The maximum absolute atomic E-state index is 5.85. The Morgan fingerprint density at radius 2 is 2.05 bits per heavy atom. The van der Waals surface area contributed by atoms with E-state index in [1.54, 1.807) is 17.9 Å². The fourth-order valence-electron chi connectivity index (χ4n) is 2.23. The van der Waals surface area contributed by atoms with Gasteiger partial charge in [-0.2, -0.15) is 10.2 Å². The molecule has 0 fully saturated rings. The van der Waals surface area contributed by atoms with Crippen molar-refractivity contribution in [3.63, 3.8) is 0 Å². The number of rotatable bonds is 4. The summed E-state index contributed by atoms with van der Waals surface area (Å²) in [5.74, 6) is 0.888. The van der Waals surface area contributed by atoms with Crippen LogP contribution in [0.5, 0.6) is 0 Å². The molecular weight excluding hydrogens is 270 g/mol. The second-order valence-corrected chi connectivity index (χ2v) is 5.01. The molecule has 0 amide bonds. The van der Waals surface area contributed by atoms with Crippen LogP contribution < -0.4 is 5.73 Å². The van der Waals surface area contributed by atoms with Gasteiger partial charge in [0, 0.05) is 31.9 Å². The summed E-state index contributed by atoms with van der Waals surface area (Å²) < 4.78 is 9.15. The molecule has 3 aromatic rings. The van der Waals surface area contributed by atoms with Crippen molar-refractivity contribution in [2.24, 2.45) is 7.05 Å². The fraction of sp³-hybridized carbons (Fsp3) is 0.385. The molecule has 0 aliphatic heterocycles. The van der Waals surface area contributed by atoms with Crippen LogP contribution in [0.4, 0.5) is 5.69 Å². The molecule has 0 bridgehead atoms. The average molecular weight is 287 g/mol. The molecule has 0 aromatic carbocycles. The highest BCUT2D eigenvalue weighted by Crippen LogP contribution is 2.22. The van der Waals surface area contributed by atoms with Gasteiger partial charge in [0.25, 0.3) is 5.89 Å². The Labute approximate surface area is 121 Å². The molecule has 3 aromatic heterocycles. The molecule has 0 aliphatic rings. The van der Waals surface area contributed by atoms with E-state index < -0.39 is 0 Å². The maximum Gasteiger partial charge on any atom is 0.270 e. The Bertz CT molecular complexity index is 767. The third kappa shape index (κ3) is 2.64. The van der Waals surface area contributed by atoms with E-state index in [4.69, 9.17) is 10.2 Å². The molecule has 0 saturated carbocycles. The van der Waals surface area contributed by atoms with Gasteiger partial charge >= 0.3 is 0 Å². The van der Waals surface area contributed by atoms with Crippen LogP contribution in [0.15, 0.2) is 16.7 Å². The van der Waals surface area contributed by atoms with Crippen molar-refractivity contribution in [3.05, 3.63) is 29.5 Å². The van der Waals surface area contributed by atoms with Gasteiger partial charge in [-0.1, -0.05) is 0 Å². The molecule has 2 N–H and O–H groups in total. The quantitative estimate of drug-likeness (QED) is 0.771. The molecule has 0 aliphatic carbocycles. The van der Waals surface area contributed by atoms with Gasteiger partial charge in [-0.15, -0.1) is 10.2 Å². The van der Waals surface area contributed by atoms with Crippen molar-refractivity contribution in [2.45, 2.75) is 26.8 Å². The van der Waals surface area contributed by atoms with Crippen LogP contribution in [0.3, 0.4) is 0 Å². The lowest BCUT2D eigenvalue weighted by molar-refractivity contribution is 0.470. The Morgan fingerprint density at radius 1 is 1.24 bits per heavy atom. The van der Waals surface area contributed by atoms with Crippen LogP contribution in [0.25, 0.3) is 11.6 Å². The van der Waals surface area contributed by atoms with E-state index >= 15 is 0 Å². The van der Waals surface area contributed by atoms with E-state index in [0.717, 1.165) is 11.4 Å². The zero-order valence-electron chi connectivity index (χ0n) is 12.2. The number of anilines is 1. The molecule has 0 unspecified atom stereocenters. The Kier molecular flexibility index (Phi) is 3.20. The highest BCUT2D eigenvalue weighted by Gasteiger charge is 2.15. The third-order valence-corrected chi connectivity index (χ3v) is 3.17. The van der Waals surface area contributed by atoms with Crippen LogP contribution in [-0.2, 0) is 20.0 Å². The highest BCUT2D eigenvalue weighted by molar-refractivity contribution is 5.64. The topological polar surface area (TPSA) is 101 Å². The third-order valence-electron chi connectivity index (χ3n) is 3.17. The first-order valence-corrected chi connectivity index (χ1v) is 6.66. The van der Waals surface area contributed by atoms with Crippen LogP contribution in [0, 0.1) is 13.8 Å². The predicted molar refractivity (Wildman–Crippen MR) is 76.3 cm³/mol. The monoisotopic (exact) mass is 287 g/mol. The van der Waals surface area contributed by atoms with Gasteiger partial charge in [-0.3, -0.25) is 9.36 Å². The van der Waals surface area contributed by atoms with Crippen molar-refractivity contribution in [3.8, 4) is 11.6 Å². The molecule has 0 atom stereocenters. The highest BCUT2D eigenvalue weighted by atomic mass is 16.4. The summed E-state index contributed by atoms with van der Waals surface area (Å²) in [6, 6.07) is 2.04.